The fourth-order valence-electron chi connectivity index (χ4n) is 4.76. The van der Waals surface area contributed by atoms with Gasteiger partial charge in [-0.1, -0.05) is 77.9 Å². The molecule has 1 aliphatic heterocycles. The first kappa shape index (κ1) is 18.9. The predicted octanol–water partition coefficient (Wildman–Crippen LogP) is 7.10. The van der Waals surface area contributed by atoms with Crippen LogP contribution < -0.4 is 5.01 Å². The van der Waals surface area contributed by atoms with E-state index in [0.29, 0.717) is 5.92 Å². The highest BCUT2D eigenvalue weighted by atomic mass is 15.5. The van der Waals surface area contributed by atoms with E-state index in [1.54, 1.807) is 0 Å². The first-order chi connectivity index (χ1) is 14.7. The second-order valence-electron chi connectivity index (χ2n) is 8.60. The fourth-order valence-corrected chi connectivity index (χ4v) is 4.76. The minimum atomic E-state index is 0.254. The van der Waals surface area contributed by atoms with E-state index in [1.165, 1.54) is 52.1 Å². The van der Waals surface area contributed by atoms with Gasteiger partial charge in [0.05, 0.1) is 17.4 Å². The van der Waals surface area contributed by atoms with Crippen LogP contribution in [0.25, 0.3) is 6.08 Å². The molecule has 3 aromatic carbocycles. The average Bonchev–Trinajstić information content (AvgIpc) is 3.17. The Hall–Kier alpha value is -3.13. The molecule has 30 heavy (non-hydrogen) atoms. The maximum Gasteiger partial charge on any atom is 0.0859 e. The Balaban J connectivity index is 1.58. The summed E-state index contributed by atoms with van der Waals surface area (Å²) in [6.45, 7) is 4.29. The Bertz CT molecular complexity index is 1080. The standard InChI is InChI=1S/C28H28N2/c1-20-11-15-22(16-12-20)19-24-7-6-10-26-27(24)29-30(25-8-4-3-5-9-25)28(26)23-17-13-21(2)14-18-23/h3-5,8-9,11-19,26,28H,6-7,10H2,1-2H3/b24-19-/t26-,28+/m0/s1. The number of allylic oxidation sites excluding steroid dienone is 1. The molecule has 1 fully saturated rings. The molecule has 0 unspecified atom stereocenters. The first-order valence-electron chi connectivity index (χ1n) is 11.0. The normalized spacial score (nSPS) is 22.1. The van der Waals surface area contributed by atoms with Crippen LogP contribution in [0.5, 0.6) is 0 Å². The number of anilines is 1. The monoisotopic (exact) mass is 392 g/mol. The quantitative estimate of drug-likeness (QED) is 0.464. The van der Waals surface area contributed by atoms with Gasteiger partial charge in [0.15, 0.2) is 0 Å². The number of para-hydroxylation sites is 1. The topological polar surface area (TPSA) is 15.6 Å². The van der Waals surface area contributed by atoms with Crippen LogP contribution in [-0.2, 0) is 0 Å². The van der Waals surface area contributed by atoms with Crippen LogP contribution in [0.4, 0.5) is 5.69 Å². The second-order valence-corrected chi connectivity index (χ2v) is 8.60. The number of benzene rings is 3. The molecule has 1 heterocycles. The highest BCUT2D eigenvalue weighted by molar-refractivity contribution is 6.08. The van der Waals surface area contributed by atoms with Crippen molar-refractivity contribution < 1.29 is 0 Å². The van der Waals surface area contributed by atoms with Gasteiger partial charge in [-0.25, -0.2) is 0 Å². The van der Waals surface area contributed by atoms with Crippen molar-refractivity contribution in [3.05, 3.63) is 107 Å². The molecule has 2 nitrogen and oxygen atoms in total. The molecule has 2 aliphatic rings. The predicted molar refractivity (Wildman–Crippen MR) is 127 cm³/mol. The molecule has 1 aliphatic carbocycles. The third-order valence-electron chi connectivity index (χ3n) is 6.36. The lowest BCUT2D eigenvalue weighted by Gasteiger charge is -2.30. The summed E-state index contributed by atoms with van der Waals surface area (Å²) in [7, 11) is 0. The molecule has 150 valence electrons. The summed E-state index contributed by atoms with van der Waals surface area (Å²) >= 11 is 0. The van der Waals surface area contributed by atoms with Gasteiger partial charge in [-0.2, -0.15) is 5.10 Å². The van der Waals surface area contributed by atoms with Gasteiger partial charge < -0.3 is 0 Å². The maximum atomic E-state index is 5.24. The van der Waals surface area contributed by atoms with Crippen molar-refractivity contribution in [2.75, 3.05) is 5.01 Å². The lowest BCUT2D eigenvalue weighted by molar-refractivity contribution is 0.488. The lowest BCUT2D eigenvalue weighted by Crippen LogP contribution is -2.28. The van der Waals surface area contributed by atoms with Crippen LogP contribution >= 0.6 is 0 Å². The Morgan fingerprint density at radius 2 is 1.50 bits per heavy atom. The second kappa shape index (κ2) is 7.95. The fraction of sp³-hybridized carbons (Fsp3) is 0.250. The van der Waals surface area contributed by atoms with Crippen molar-refractivity contribution in [1.82, 2.24) is 0 Å². The van der Waals surface area contributed by atoms with Crippen LogP contribution in [0.2, 0.25) is 0 Å². The van der Waals surface area contributed by atoms with E-state index in [0.717, 1.165) is 6.42 Å². The highest BCUT2D eigenvalue weighted by Gasteiger charge is 2.41. The Morgan fingerprint density at radius 3 is 2.20 bits per heavy atom. The molecule has 5 rings (SSSR count). The van der Waals surface area contributed by atoms with Gasteiger partial charge in [0.2, 0.25) is 0 Å². The lowest BCUT2D eigenvalue weighted by atomic mass is 9.77. The number of fused-ring (bicyclic) bond motifs is 1. The van der Waals surface area contributed by atoms with E-state index >= 15 is 0 Å². The van der Waals surface area contributed by atoms with Gasteiger partial charge in [0.1, 0.15) is 0 Å². The maximum absolute atomic E-state index is 5.24. The molecular weight excluding hydrogens is 364 g/mol. The number of nitrogens with zero attached hydrogens (tertiary/aromatic N) is 2. The molecule has 0 saturated heterocycles. The van der Waals surface area contributed by atoms with Gasteiger partial charge in [-0.3, -0.25) is 5.01 Å². The van der Waals surface area contributed by atoms with Crippen LogP contribution in [0.3, 0.4) is 0 Å². The summed E-state index contributed by atoms with van der Waals surface area (Å²) in [5, 5.41) is 7.50. The Morgan fingerprint density at radius 1 is 0.833 bits per heavy atom. The number of hydrazone groups is 1. The highest BCUT2D eigenvalue weighted by Crippen LogP contribution is 2.46. The molecule has 0 N–H and O–H groups in total. The number of rotatable bonds is 3. The van der Waals surface area contributed by atoms with Crippen molar-refractivity contribution >= 4 is 17.5 Å². The van der Waals surface area contributed by atoms with Gasteiger partial charge in [0, 0.05) is 5.92 Å². The van der Waals surface area contributed by atoms with Crippen LogP contribution in [-0.4, -0.2) is 5.71 Å². The molecule has 1 saturated carbocycles. The summed E-state index contributed by atoms with van der Waals surface area (Å²) in [5.74, 6) is 0.429. The molecule has 0 radical (unpaired) electrons. The summed E-state index contributed by atoms with van der Waals surface area (Å²) in [4.78, 5) is 0. The van der Waals surface area contributed by atoms with Gasteiger partial charge in [0.25, 0.3) is 0 Å². The van der Waals surface area contributed by atoms with E-state index in [-0.39, 0.29) is 6.04 Å². The molecule has 2 heteroatoms. The molecule has 2 atom stereocenters. The Labute approximate surface area is 179 Å². The van der Waals surface area contributed by atoms with Gasteiger partial charge >= 0.3 is 0 Å². The summed E-state index contributed by atoms with van der Waals surface area (Å²) in [5.41, 5.74) is 9.05. The summed E-state index contributed by atoms with van der Waals surface area (Å²) < 4.78 is 0. The van der Waals surface area contributed by atoms with E-state index in [2.05, 4.69) is 104 Å². The van der Waals surface area contributed by atoms with Crippen LogP contribution in [0.1, 0.15) is 47.6 Å². The van der Waals surface area contributed by atoms with Crippen molar-refractivity contribution in [3.8, 4) is 0 Å². The zero-order valence-corrected chi connectivity index (χ0v) is 17.8. The van der Waals surface area contributed by atoms with E-state index < -0.39 is 0 Å². The van der Waals surface area contributed by atoms with E-state index in [1.807, 2.05) is 0 Å². The van der Waals surface area contributed by atoms with Gasteiger partial charge in [-0.15, -0.1) is 0 Å². The zero-order chi connectivity index (χ0) is 20.5. The van der Waals surface area contributed by atoms with Crippen molar-refractivity contribution in [2.45, 2.75) is 39.2 Å². The third kappa shape index (κ3) is 3.59. The minimum absolute atomic E-state index is 0.254. The molecule has 0 bridgehead atoms. The van der Waals surface area contributed by atoms with Crippen molar-refractivity contribution in [1.29, 1.82) is 0 Å². The number of aryl methyl sites for hydroxylation is 2. The Kier molecular flexibility index (Phi) is 5.00. The molecular formula is C28H28N2. The minimum Gasteiger partial charge on any atom is -0.257 e. The van der Waals surface area contributed by atoms with Crippen LogP contribution in [0.15, 0.2) is 89.5 Å². The van der Waals surface area contributed by atoms with Crippen molar-refractivity contribution in [2.24, 2.45) is 11.0 Å². The van der Waals surface area contributed by atoms with Crippen LogP contribution in [0, 0.1) is 19.8 Å². The summed E-state index contributed by atoms with van der Waals surface area (Å²) in [6, 6.07) is 28.7. The molecule has 3 aromatic rings. The zero-order valence-electron chi connectivity index (χ0n) is 17.8. The van der Waals surface area contributed by atoms with E-state index in [4.69, 9.17) is 5.10 Å². The SMILES string of the molecule is Cc1ccc(/C=C2/CCC[C@H]3C2=NN(c2ccccc2)[C@@H]3c2ccc(C)cc2)cc1. The van der Waals surface area contributed by atoms with Crippen molar-refractivity contribution in [3.63, 3.8) is 0 Å². The summed E-state index contributed by atoms with van der Waals surface area (Å²) in [6.07, 6.45) is 5.86. The van der Waals surface area contributed by atoms with Gasteiger partial charge in [-0.05, 0) is 68.0 Å². The smallest absolute Gasteiger partial charge is 0.0859 e. The van der Waals surface area contributed by atoms with E-state index in [9.17, 15) is 0 Å². The third-order valence-corrected chi connectivity index (χ3v) is 6.36. The molecule has 0 aromatic heterocycles. The number of hydrogen-bond acceptors (Lipinski definition) is 2. The average molecular weight is 393 g/mol. The molecule has 0 spiro atoms. The first-order valence-corrected chi connectivity index (χ1v) is 11.0. The molecule has 0 amide bonds. The largest absolute Gasteiger partial charge is 0.257 e. The number of hydrogen-bond donors (Lipinski definition) is 0.